The molecule has 3 saturated heterocycles. The second-order valence-electron chi connectivity index (χ2n) is 15.4. The van der Waals surface area contributed by atoms with Crippen molar-refractivity contribution >= 4 is 23.6 Å². The van der Waals surface area contributed by atoms with Crippen molar-refractivity contribution in [2.24, 2.45) is 5.92 Å². The number of imidazole rings is 1. The molecule has 8 rings (SSSR count). The van der Waals surface area contributed by atoms with Crippen LogP contribution in [0, 0.1) is 12.8 Å². The molecule has 1 spiro atoms. The van der Waals surface area contributed by atoms with Gasteiger partial charge in [0, 0.05) is 75.9 Å². The zero-order chi connectivity index (χ0) is 35.7. The van der Waals surface area contributed by atoms with Crippen molar-refractivity contribution < 1.29 is 23.8 Å². The van der Waals surface area contributed by atoms with Gasteiger partial charge in [0.05, 0.1) is 43.0 Å². The number of ether oxygens (including phenoxy) is 3. The number of piperazine rings is 1. The molecule has 2 aromatic heterocycles. The van der Waals surface area contributed by atoms with Crippen molar-refractivity contribution in [3.8, 4) is 0 Å². The largest absolute Gasteiger partial charge is 0.446 e. The number of aromatic nitrogens is 3. The minimum Gasteiger partial charge on any atom is -0.446 e. The lowest BCUT2D eigenvalue weighted by Crippen LogP contribution is -2.58. The van der Waals surface area contributed by atoms with Crippen molar-refractivity contribution in [2.75, 3.05) is 45.9 Å². The first kappa shape index (κ1) is 35.5. The van der Waals surface area contributed by atoms with Gasteiger partial charge in [-0.3, -0.25) is 14.7 Å². The van der Waals surface area contributed by atoms with Gasteiger partial charge in [-0.25, -0.2) is 9.78 Å². The summed E-state index contributed by atoms with van der Waals surface area (Å²) in [5.74, 6) is 0.0232. The summed E-state index contributed by atoms with van der Waals surface area (Å²) in [5.41, 5.74) is 5.71. The topological polar surface area (TPSA) is 102 Å². The average Bonchev–Trinajstić information content (AvgIpc) is 3.76. The zero-order valence-electron chi connectivity index (χ0n) is 30.3. The van der Waals surface area contributed by atoms with E-state index in [0.717, 1.165) is 68.1 Å². The molecule has 2 amide bonds. The second-order valence-corrected chi connectivity index (χ2v) is 15.9. The van der Waals surface area contributed by atoms with Gasteiger partial charge in [0.1, 0.15) is 6.10 Å². The van der Waals surface area contributed by atoms with E-state index >= 15 is 0 Å². The first-order valence-electron chi connectivity index (χ1n) is 19.3. The number of hydrogen-bond donors (Lipinski definition) is 0. The number of carbonyl (C=O) groups is 2. The van der Waals surface area contributed by atoms with Gasteiger partial charge in [-0.2, -0.15) is 0 Å². The van der Waals surface area contributed by atoms with Crippen LogP contribution in [0.5, 0.6) is 0 Å². The molecule has 52 heavy (non-hydrogen) atoms. The first-order chi connectivity index (χ1) is 25.3. The molecule has 11 nitrogen and oxygen atoms in total. The summed E-state index contributed by atoms with van der Waals surface area (Å²) in [5, 5.41) is 0.729. The Hall–Kier alpha value is -3.51. The highest BCUT2D eigenvalue weighted by Gasteiger charge is 2.43. The van der Waals surface area contributed by atoms with Crippen LogP contribution in [0.4, 0.5) is 4.79 Å². The summed E-state index contributed by atoms with van der Waals surface area (Å²) in [7, 11) is 0. The van der Waals surface area contributed by atoms with E-state index in [1.54, 1.807) is 0 Å². The number of pyridine rings is 1. The van der Waals surface area contributed by atoms with Crippen LogP contribution in [0.25, 0.3) is 0 Å². The highest BCUT2D eigenvalue weighted by molar-refractivity contribution is 6.30. The van der Waals surface area contributed by atoms with Crippen LogP contribution in [-0.2, 0) is 38.4 Å². The van der Waals surface area contributed by atoms with Gasteiger partial charge in [0.2, 0.25) is 5.91 Å². The first-order valence-corrected chi connectivity index (χ1v) is 19.7. The van der Waals surface area contributed by atoms with E-state index < -0.39 is 5.79 Å². The van der Waals surface area contributed by atoms with Crippen LogP contribution in [0.2, 0.25) is 5.02 Å². The van der Waals surface area contributed by atoms with Crippen molar-refractivity contribution in [1.82, 2.24) is 29.2 Å². The molecule has 5 aliphatic rings. The third-order valence-electron chi connectivity index (χ3n) is 12.0. The number of piperidine rings is 1. The maximum absolute atomic E-state index is 14.2. The van der Waals surface area contributed by atoms with E-state index in [1.165, 1.54) is 16.7 Å². The van der Waals surface area contributed by atoms with E-state index in [-0.39, 0.29) is 36.6 Å². The lowest BCUT2D eigenvalue weighted by atomic mass is 9.92. The lowest BCUT2D eigenvalue weighted by molar-refractivity contribution is -0.188. The van der Waals surface area contributed by atoms with E-state index in [1.807, 2.05) is 41.4 Å². The molecule has 3 atom stereocenters. The summed E-state index contributed by atoms with van der Waals surface area (Å²) in [6.45, 7) is 7.28. The SMILES string of the molecule is Cc1cn(CC[C@@H]2CCCN(C(=O)C[C@H]3CN([C@H]4c5ccc(Cl)cc5CCc5cccnc54)CCN3C(=O)OC3CCC4(CC3)OCCO4)C2)cn1. The van der Waals surface area contributed by atoms with Crippen molar-refractivity contribution in [2.45, 2.75) is 102 Å². The summed E-state index contributed by atoms with van der Waals surface area (Å²) < 4.78 is 20.2. The molecular formula is C40H51ClN6O5. The number of nitrogens with zero attached hydrogens (tertiary/aromatic N) is 6. The van der Waals surface area contributed by atoms with Gasteiger partial charge >= 0.3 is 6.09 Å². The summed E-state index contributed by atoms with van der Waals surface area (Å²) in [6, 6.07) is 9.93. The van der Waals surface area contributed by atoms with Crippen molar-refractivity contribution in [3.05, 3.63) is 82.2 Å². The summed E-state index contributed by atoms with van der Waals surface area (Å²) >= 11 is 6.51. The zero-order valence-corrected chi connectivity index (χ0v) is 31.0. The van der Waals surface area contributed by atoms with Crippen LogP contribution in [0.3, 0.4) is 0 Å². The number of hydrogen-bond acceptors (Lipinski definition) is 8. The van der Waals surface area contributed by atoms with Crippen LogP contribution >= 0.6 is 11.6 Å². The Morgan fingerprint density at radius 1 is 1.00 bits per heavy atom. The van der Waals surface area contributed by atoms with E-state index in [4.69, 9.17) is 30.8 Å². The molecule has 0 bridgehead atoms. The van der Waals surface area contributed by atoms with E-state index in [2.05, 4.69) is 38.8 Å². The third kappa shape index (κ3) is 7.74. The molecule has 5 heterocycles. The maximum Gasteiger partial charge on any atom is 0.410 e. The van der Waals surface area contributed by atoms with Gasteiger partial charge in [0.25, 0.3) is 0 Å². The number of likely N-dealkylation sites (tertiary alicyclic amines) is 1. The van der Waals surface area contributed by atoms with Gasteiger partial charge < -0.3 is 28.6 Å². The smallest absolute Gasteiger partial charge is 0.410 e. The Morgan fingerprint density at radius 2 is 1.83 bits per heavy atom. The highest BCUT2D eigenvalue weighted by atomic mass is 35.5. The maximum atomic E-state index is 14.2. The van der Waals surface area contributed by atoms with Gasteiger partial charge in [-0.05, 0) is 92.7 Å². The highest BCUT2D eigenvalue weighted by Crippen LogP contribution is 2.40. The predicted octanol–water partition coefficient (Wildman–Crippen LogP) is 5.96. The van der Waals surface area contributed by atoms with E-state index in [9.17, 15) is 9.59 Å². The molecule has 2 aliphatic carbocycles. The molecule has 0 N–H and O–H groups in total. The fourth-order valence-electron chi connectivity index (χ4n) is 9.21. The van der Waals surface area contributed by atoms with Crippen molar-refractivity contribution in [1.29, 1.82) is 0 Å². The summed E-state index contributed by atoms with van der Waals surface area (Å²) in [6.07, 6.45) is 13.3. The summed E-state index contributed by atoms with van der Waals surface area (Å²) in [4.78, 5) is 43.9. The monoisotopic (exact) mass is 730 g/mol. The number of carbonyl (C=O) groups excluding carboxylic acids is 2. The number of fused-ring (bicyclic) bond motifs is 2. The fraction of sp³-hybridized carbons (Fsp3) is 0.600. The van der Waals surface area contributed by atoms with Crippen LogP contribution in [0.1, 0.15) is 85.5 Å². The predicted molar refractivity (Wildman–Crippen MR) is 196 cm³/mol. The molecule has 0 unspecified atom stereocenters. The Morgan fingerprint density at radius 3 is 2.63 bits per heavy atom. The number of aryl methyl sites for hydroxylation is 4. The van der Waals surface area contributed by atoms with Gasteiger partial charge in [0.15, 0.2) is 5.79 Å². The van der Waals surface area contributed by atoms with Gasteiger partial charge in [-0.15, -0.1) is 0 Å². The average molecular weight is 731 g/mol. The number of rotatable bonds is 7. The Kier molecular flexibility index (Phi) is 10.6. The van der Waals surface area contributed by atoms with Crippen molar-refractivity contribution in [3.63, 3.8) is 0 Å². The van der Waals surface area contributed by atoms with Gasteiger partial charge in [-0.1, -0.05) is 23.7 Å². The molecule has 1 saturated carbocycles. The standard InChI is InChI=1S/C40H51ClN6O5/c1-28-24-44(27-43-28)17-12-29-4-3-16-45(25-29)36(48)23-33-26-46(18-19-47(33)39(49)52-34-10-13-40(14-11-34)50-20-21-51-40)38-35-9-8-32(41)22-31(35)7-6-30-5-2-15-42-37(30)38/h2,5,8-9,15,22,24,27,29,33-34,38H,3-4,6-7,10-14,16-21,23,25-26H2,1H3/t29-,33-,38-/m0/s1. The molecule has 0 radical (unpaired) electrons. The Labute approximate surface area is 311 Å². The van der Waals surface area contributed by atoms with Crippen LogP contribution in [0.15, 0.2) is 49.1 Å². The normalized spacial score (nSPS) is 25.1. The molecule has 3 aliphatic heterocycles. The molecular weight excluding hydrogens is 680 g/mol. The molecule has 278 valence electrons. The number of benzene rings is 1. The van der Waals surface area contributed by atoms with Crippen LogP contribution in [-0.4, -0.2) is 105 Å². The number of amides is 2. The van der Waals surface area contributed by atoms with E-state index in [0.29, 0.717) is 64.4 Å². The van der Waals surface area contributed by atoms with Crippen LogP contribution < -0.4 is 0 Å². The second kappa shape index (κ2) is 15.5. The number of halogens is 1. The minimum absolute atomic E-state index is 0.103. The molecule has 4 fully saturated rings. The molecule has 3 aromatic rings. The third-order valence-corrected chi connectivity index (χ3v) is 12.2. The lowest BCUT2D eigenvalue weighted by Gasteiger charge is -2.45. The molecule has 12 heteroatoms. The fourth-order valence-corrected chi connectivity index (χ4v) is 9.40. The Bertz CT molecular complexity index is 1730. The minimum atomic E-state index is -0.517. The quantitative estimate of drug-likeness (QED) is 0.294. The molecule has 1 aromatic carbocycles. The Balaban J connectivity index is 1.01.